The highest BCUT2D eigenvalue weighted by molar-refractivity contribution is 7.08. The van der Waals surface area contributed by atoms with E-state index in [0.29, 0.717) is 11.7 Å². The lowest BCUT2D eigenvalue weighted by atomic mass is 10.1. The standard InChI is InChI=1S/C15H13N3O2S/c1-11-4-2-3-5-12(11)8-16-19-9-14-17-15(18-20-14)13-6-7-21-10-13/h2-8,10H,9H2,1H3/b16-8-. The van der Waals surface area contributed by atoms with E-state index in [2.05, 4.69) is 15.3 Å². The van der Waals surface area contributed by atoms with E-state index in [1.165, 1.54) is 0 Å². The van der Waals surface area contributed by atoms with Gasteiger partial charge >= 0.3 is 0 Å². The number of rotatable bonds is 5. The second-order valence-electron chi connectivity index (χ2n) is 4.39. The molecule has 0 amide bonds. The monoisotopic (exact) mass is 299 g/mol. The van der Waals surface area contributed by atoms with E-state index in [1.54, 1.807) is 17.6 Å². The van der Waals surface area contributed by atoms with Crippen molar-refractivity contribution >= 4 is 17.6 Å². The molecule has 0 bridgehead atoms. The average Bonchev–Trinajstić information content (AvgIpc) is 3.16. The molecule has 0 aliphatic heterocycles. The summed E-state index contributed by atoms with van der Waals surface area (Å²) in [5, 5.41) is 11.7. The molecule has 3 aromatic rings. The van der Waals surface area contributed by atoms with Crippen LogP contribution < -0.4 is 0 Å². The molecule has 1 aromatic carbocycles. The molecule has 0 aliphatic rings. The molecule has 106 valence electrons. The van der Waals surface area contributed by atoms with E-state index >= 15 is 0 Å². The van der Waals surface area contributed by atoms with E-state index in [1.807, 2.05) is 48.0 Å². The van der Waals surface area contributed by atoms with Crippen LogP contribution in [0.5, 0.6) is 0 Å². The Bertz CT molecular complexity index is 735. The summed E-state index contributed by atoms with van der Waals surface area (Å²) in [5.74, 6) is 0.968. The summed E-state index contributed by atoms with van der Waals surface area (Å²) in [6.45, 7) is 2.17. The molecule has 21 heavy (non-hydrogen) atoms. The molecular weight excluding hydrogens is 286 g/mol. The third kappa shape index (κ3) is 3.35. The fourth-order valence-corrected chi connectivity index (χ4v) is 2.37. The van der Waals surface area contributed by atoms with Gasteiger partial charge in [-0.3, -0.25) is 0 Å². The highest BCUT2D eigenvalue weighted by Gasteiger charge is 2.08. The molecule has 3 rings (SSSR count). The Hall–Kier alpha value is -2.47. The minimum atomic E-state index is 0.152. The average molecular weight is 299 g/mol. The number of hydrogen-bond donors (Lipinski definition) is 0. The van der Waals surface area contributed by atoms with Crippen LogP contribution in [-0.2, 0) is 11.4 Å². The molecule has 0 atom stereocenters. The zero-order valence-corrected chi connectivity index (χ0v) is 12.2. The smallest absolute Gasteiger partial charge is 0.267 e. The highest BCUT2D eigenvalue weighted by Crippen LogP contribution is 2.18. The molecule has 0 unspecified atom stereocenters. The summed E-state index contributed by atoms with van der Waals surface area (Å²) in [6.07, 6.45) is 1.67. The van der Waals surface area contributed by atoms with Crippen LogP contribution in [0.3, 0.4) is 0 Å². The van der Waals surface area contributed by atoms with Crippen LogP contribution in [0.4, 0.5) is 0 Å². The molecule has 5 nitrogen and oxygen atoms in total. The molecule has 2 heterocycles. The fourth-order valence-electron chi connectivity index (χ4n) is 1.74. The largest absolute Gasteiger partial charge is 0.386 e. The SMILES string of the molecule is Cc1ccccc1/C=N\OCc1nc(-c2ccsc2)no1. The van der Waals surface area contributed by atoms with Crippen LogP contribution in [0.1, 0.15) is 17.0 Å². The summed E-state index contributed by atoms with van der Waals surface area (Å²) in [5.41, 5.74) is 3.10. The molecule has 2 aromatic heterocycles. The van der Waals surface area contributed by atoms with Crippen LogP contribution in [0.25, 0.3) is 11.4 Å². The Balaban J connectivity index is 1.58. The zero-order valence-electron chi connectivity index (χ0n) is 11.4. The van der Waals surface area contributed by atoms with Gasteiger partial charge in [0.2, 0.25) is 5.82 Å². The first-order valence-corrected chi connectivity index (χ1v) is 7.33. The molecule has 0 fully saturated rings. The molecule has 6 heteroatoms. The fraction of sp³-hybridized carbons (Fsp3) is 0.133. The van der Waals surface area contributed by atoms with Crippen molar-refractivity contribution in [3.63, 3.8) is 0 Å². The quantitative estimate of drug-likeness (QED) is 0.533. The van der Waals surface area contributed by atoms with Gasteiger partial charge in [0.25, 0.3) is 5.89 Å². The Morgan fingerprint density at radius 2 is 2.24 bits per heavy atom. The summed E-state index contributed by atoms with van der Waals surface area (Å²) >= 11 is 1.59. The van der Waals surface area contributed by atoms with Gasteiger partial charge in [-0.05, 0) is 29.5 Å². The van der Waals surface area contributed by atoms with Crippen molar-refractivity contribution < 1.29 is 9.36 Å². The Morgan fingerprint density at radius 3 is 3.05 bits per heavy atom. The van der Waals surface area contributed by atoms with Gasteiger partial charge in [-0.1, -0.05) is 34.6 Å². The molecule has 0 aliphatic carbocycles. The van der Waals surface area contributed by atoms with Gasteiger partial charge in [0.15, 0.2) is 6.61 Å². The van der Waals surface area contributed by atoms with Crippen molar-refractivity contribution in [1.82, 2.24) is 10.1 Å². The number of nitrogens with zero attached hydrogens (tertiary/aromatic N) is 3. The second-order valence-corrected chi connectivity index (χ2v) is 5.17. The summed E-state index contributed by atoms with van der Waals surface area (Å²) < 4.78 is 5.11. The maximum absolute atomic E-state index is 5.19. The van der Waals surface area contributed by atoms with E-state index in [9.17, 15) is 0 Å². The van der Waals surface area contributed by atoms with Gasteiger partial charge in [0.1, 0.15) is 0 Å². The van der Waals surface area contributed by atoms with Crippen molar-refractivity contribution in [3.05, 3.63) is 58.1 Å². The Labute approximate surface area is 125 Å². The summed E-state index contributed by atoms with van der Waals surface area (Å²) in [4.78, 5) is 9.43. The number of aromatic nitrogens is 2. The lowest BCUT2D eigenvalue weighted by molar-refractivity contribution is 0.107. The van der Waals surface area contributed by atoms with E-state index in [-0.39, 0.29) is 6.61 Å². The molecule has 0 spiro atoms. The number of aryl methyl sites for hydroxylation is 1. The van der Waals surface area contributed by atoms with Crippen molar-refractivity contribution in [2.24, 2.45) is 5.16 Å². The number of benzene rings is 1. The van der Waals surface area contributed by atoms with Crippen LogP contribution in [-0.4, -0.2) is 16.4 Å². The van der Waals surface area contributed by atoms with Crippen LogP contribution >= 0.6 is 11.3 Å². The van der Waals surface area contributed by atoms with Crippen LogP contribution in [0.15, 0.2) is 50.8 Å². The topological polar surface area (TPSA) is 60.5 Å². The predicted octanol–water partition coefficient (Wildman–Crippen LogP) is 3.66. The third-order valence-corrected chi connectivity index (χ3v) is 3.57. The number of thiophene rings is 1. The third-order valence-electron chi connectivity index (χ3n) is 2.89. The Kier molecular flexibility index (Phi) is 4.07. The molecular formula is C15H13N3O2S. The molecule has 0 N–H and O–H groups in total. The second kappa shape index (κ2) is 6.32. The highest BCUT2D eigenvalue weighted by atomic mass is 32.1. The number of oxime groups is 1. The molecule has 0 saturated carbocycles. The first-order chi connectivity index (χ1) is 10.3. The zero-order chi connectivity index (χ0) is 14.5. The van der Waals surface area contributed by atoms with Crippen molar-refractivity contribution in [2.45, 2.75) is 13.5 Å². The molecule has 0 radical (unpaired) electrons. The van der Waals surface area contributed by atoms with E-state index < -0.39 is 0 Å². The van der Waals surface area contributed by atoms with Crippen molar-refractivity contribution in [2.75, 3.05) is 0 Å². The van der Waals surface area contributed by atoms with Gasteiger partial charge < -0.3 is 9.36 Å². The van der Waals surface area contributed by atoms with Crippen LogP contribution in [0, 0.1) is 6.92 Å². The van der Waals surface area contributed by atoms with Crippen molar-refractivity contribution in [1.29, 1.82) is 0 Å². The summed E-state index contributed by atoms with van der Waals surface area (Å²) in [7, 11) is 0. The minimum Gasteiger partial charge on any atom is -0.386 e. The Morgan fingerprint density at radius 1 is 1.33 bits per heavy atom. The first kappa shape index (κ1) is 13.5. The normalized spacial score (nSPS) is 11.1. The predicted molar refractivity (Wildman–Crippen MR) is 81.2 cm³/mol. The first-order valence-electron chi connectivity index (χ1n) is 6.39. The van der Waals surface area contributed by atoms with Gasteiger partial charge in [0, 0.05) is 10.9 Å². The maximum atomic E-state index is 5.19. The minimum absolute atomic E-state index is 0.152. The van der Waals surface area contributed by atoms with E-state index in [0.717, 1.165) is 16.7 Å². The van der Waals surface area contributed by atoms with E-state index in [4.69, 9.17) is 9.36 Å². The van der Waals surface area contributed by atoms with Gasteiger partial charge in [0.05, 0.1) is 6.21 Å². The summed E-state index contributed by atoms with van der Waals surface area (Å²) in [6, 6.07) is 9.88. The lowest BCUT2D eigenvalue weighted by Crippen LogP contribution is -1.90. The van der Waals surface area contributed by atoms with Gasteiger partial charge in [-0.25, -0.2) is 0 Å². The van der Waals surface area contributed by atoms with Gasteiger partial charge in [-0.15, -0.1) is 0 Å². The van der Waals surface area contributed by atoms with Gasteiger partial charge in [-0.2, -0.15) is 16.3 Å². The molecule has 0 saturated heterocycles. The maximum Gasteiger partial charge on any atom is 0.267 e. The lowest BCUT2D eigenvalue weighted by Gasteiger charge is -1.97. The van der Waals surface area contributed by atoms with Crippen molar-refractivity contribution in [3.8, 4) is 11.4 Å². The number of hydrogen-bond acceptors (Lipinski definition) is 6. The van der Waals surface area contributed by atoms with Crippen LogP contribution in [0.2, 0.25) is 0 Å².